The second kappa shape index (κ2) is 3.83. The zero-order valence-electron chi connectivity index (χ0n) is 10.7. The predicted molar refractivity (Wildman–Crippen MR) is 60.8 cm³/mol. The fourth-order valence-corrected chi connectivity index (χ4v) is 2.79. The molecule has 18 heavy (non-hydrogen) atoms. The van der Waals surface area contributed by atoms with Crippen LogP contribution in [0.1, 0.15) is 33.6 Å². The van der Waals surface area contributed by atoms with Crippen LogP contribution >= 0.6 is 0 Å². The lowest BCUT2D eigenvalue weighted by Gasteiger charge is -2.23. The lowest BCUT2D eigenvalue weighted by molar-refractivity contribution is -0.146. The van der Waals surface area contributed by atoms with Gasteiger partial charge >= 0.3 is 12.1 Å². The van der Waals surface area contributed by atoms with Crippen molar-refractivity contribution in [3.05, 3.63) is 0 Å². The molecule has 0 aromatic rings. The molecule has 6 heteroatoms. The summed E-state index contributed by atoms with van der Waals surface area (Å²) < 4.78 is 18.9. The Morgan fingerprint density at radius 2 is 1.83 bits per heavy atom. The molecule has 2 fully saturated rings. The Morgan fingerprint density at radius 1 is 1.33 bits per heavy atom. The molecule has 0 heterocycles. The number of halogens is 1. The lowest BCUT2D eigenvalue weighted by Crippen LogP contribution is -2.40. The Kier molecular flexibility index (Phi) is 2.79. The molecule has 2 N–H and O–H groups in total. The summed E-state index contributed by atoms with van der Waals surface area (Å²) in [4.78, 5) is 22.2. The number of hydrogen-bond donors (Lipinski definition) is 2. The number of aliphatic carboxylic acids is 1. The van der Waals surface area contributed by atoms with Crippen LogP contribution in [-0.2, 0) is 9.53 Å². The first-order valence-electron chi connectivity index (χ1n) is 6.06. The first kappa shape index (κ1) is 13.1. The summed E-state index contributed by atoms with van der Waals surface area (Å²) in [6.07, 6.45) is 0.202. The van der Waals surface area contributed by atoms with Crippen molar-refractivity contribution in [3.8, 4) is 0 Å². The summed E-state index contributed by atoms with van der Waals surface area (Å²) >= 11 is 0. The highest BCUT2D eigenvalue weighted by Gasteiger charge is 2.74. The summed E-state index contributed by atoms with van der Waals surface area (Å²) in [5, 5.41) is 11.4. The molecule has 0 spiro atoms. The van der Waals surface area contributed by atoms with Gasteiger partial charge in [-0.05, 0) is 33.6 Å². The lowest BCUT2D eigenvalue weighted by atomic mass is 10.1. The molecule has 102 valence electrons. The molecule has 5 nitrogen and oxygen atoms in total. The topological polar surface area (TPSA) is 75.6 Å². The van der Waals surface area contributed by atoms with Crippen molar-refractivity contribution in [3.63, 3.8) is 0 Å². The number of hydrogen-bond acceptors (Lipinski definition) is 3. The Hall–Kier alpha value is -1.33. The third-order valence-electron chi connectivity index (χ3n) is 3.58. The molecule has 2 unspecified atom stereocenters. The van der Waals surface area contributed by atoms with Crippen LogP contribution in [0.2, 0.25) is 0 Å². The fourth-order valence-electron chi connectivity index (χ4n) is 2.79. The molecule has 0 saturated heterocycles. The van der Waals surface area contributed by atoms with Crippen molar-refractivity contribution < 1.29 is 23.8 Å². The van der Waals surface area contributed by atoms with Gasteiger partial charge in [0.25, 0.3) is 0 Å². The number of rotatable bonds is 2. The van der Waals surface area contributed by atoms with Crippen LogP contribution in [0.5, 0.6) is 0 Å². The van der Waals surface area contributed by atoms with E-state index >= 15 is 0 Å². The van der Waals surface area contributed by atoms with E-state index in [0.717, 1.165) is 0 Å². The standard InChI is InChI=1S/C12H18FNO4/c1-11(2,3)18-10(17)14-6-4-7-8(5-6)12(7,13)9(15)16/h6-8H,4-5H2,1-3H3,(H,14,17)(H,15,16). The third-order valence-corrected chi connectivity index (χ3v) is 3.58. The van der Waals surface area contributed by atoms with Gasteiger partial charge in [-0.1, -0.05) is 0 Å². The first-order chi connectivity index (χ1) is 8.14. The first-order valence-corrected chi connectivity index (χ1v) is 6.06. The average Bonchev–Trinajstić information content (AvgIpc) is 2.54. The minimum absolute atomic E-state index is 0.182. The highest BCUT2D eigenvalue weighted by Crippen LogP contribution is 2.63. The Labute approximate surface area is 105 Å². The third kappa shape index (κ3) is 2.15. The number of carboxylic acid groups (broad SMARTS) is 1. The maximum Gasteiger partial charge on any atom is 0.407 e. The second-order valence-electron chi connectivity index (χ2n) is 6.10. The zero-order valence-corrected chi connectivity index (χ0v) is 10.7. The Balaban J connectivity index is 1.81. The van der Waals surface area contributed by atoms with Crippen molar-refractivity contribution >= 4 is 12.1 Å². The fraction of sp³-hybridized carbons (Fsp3) is 0.833. The van der Waals surface area contributed by atoms with Gasteiger partial charge in [-0.15, -0.1) is 0 Å². The van der Waals surface area contributed by atoms with E-state index in [-0.39, 0.29) is 6.04 Å². The van der Waals surface area contributed by atoms with Crippen LogP contribution in [-0.4, -0.2) is 34.5 Å². The number of carbonyl (C=O) groups is 2. The molecular weight excluding hydrogens is 241 g/mol. The van der Waals surface area contributed by atoms with E-state index < -0.39 is 35.2 Å². The van der Waals surface area contributed by atoms with Gasteiger partial charge in [0.15, 0.2) is 0 Å². The summed E-state index contributed by atoms with van der Waals surface area (Å²) in [7, 11) is 0. The average molecular weight is 259 g/mol. The molecule has 2 aliphatic rings. The van der Waals surface area contributed by atoms with Gasteiger partial charge in [0.1, 0.15) is 5.60 Å². The molecule has 0 bridgehead atoms. The Morgan fingerprint density at radius 3 is 2.22 bits per heavy atom. The highest BCUT2D eigenvalue weighted by atomic mass is 19.1. The van der Waals surface area contributed by atoms with Gasteiger partial charge < -0.3 is 15.2 Å². The number of ether oxygens (including phenoxy) is 1. The van der Waals surface area contributed by atoms with Crippen molar-refractivity contribution in [2.75, 3.05) is 0 Å². The van der Waals surface area contributed by atoms with E-state index in [2.05, 4.69) is 5.32 Å². The van der Waals surface area contributed by atoms with Crippen molar-refractivity contribution in [2.24, 2.45) is 11.8 Å². The van der Waals surface area contributed by atoms with Gasteiger partial charge in [0, 0.05) is 17.9 Å². The van der Waals surface area contributed by atoms with Crippen LogP contribution in [0.15, 0.2) is 0 Å². The number of carbonyl (C=O) groups excluding carboxylic acids is 1. The van der Waals surface area contributed by atoms with Crippen LogP contribution in [0.25, 0.3) is 0 Å². The summed E-state index contributed by atoms with van der Waals surface area (Å²) in [5.74, 6) is -2.31. The molecule has 0 aromatic heterocycles. The van der Waals surface area contributed by atoms with E-state index in [1.54, 1.807) is 20.8 Å². The molecular formula is C12H18FNO4. The molecule has 2 atom stereocenters. The van der Waals surface area contributed by atoms with Gasteiger partial charge in [-0.25, -0.2) is 14.0 Å². The maximum absolute atomic E-state index is 13.8. The zero-order chi connectivity index (χ0) is 13.7. The number of alkyl halides is 1. The molecule has 0 aromatic carbocycles. The normalized spacial score (nSPS) is 37.9. The van der Waals surface area contributed by atoms with Gasteiger partial charge in [0.05, 0.1) is 0 Å². The minimum atomic E-state index is -2.06. The van der Waals surface area contributed by atoms with Crippen LogP contribution < -0.4 is 5.32 Å². The number of amides is 1. The van der Waals surface area contributed by atoms with E-state index in [1.807, 2.05) is 0 Å². The van der Waals surface area contributed by atoms with Crippen molar-refractivity contribution in [1.29, 1.82) is 0 Å². The van der Waals surface area contributed by atoms with Crippen LogP contribution in [0, 0.1) is 11.8 Å². The SMILES string of the molecule is CC(C)(C)OC(=O)NC1CC2C(C1)C2(F)C(=O)O. The number of fused-ring (bicyclic) bond motifs is 1. The van der Waals surface area contributed by atoms with Gasteiger partial charge in [-0.2, -0.15) is 0 Å². The second-order valence-corrected chi connectivity index (χ2v) is 6.10. The summed E-state index contributed by atoms with van der Waals surface area (Å²) in [5.41, 5.74) is -2.64. The Bertz CT molecular complexity index is 378. The van der Waals surface area contributed by atoms with E-state index in [1.165, 1.54) is 0 Å². The summed E-state index contributed by atoms with van der Waals surface area (Å²) in [6, 6.07) is -0.182. The van der Waals surface area contributed by atoms with Crippen molar-refractivity contribution in [2.45, 2.75) is 50.9 Å². The van der Waals surface area contributed by atoms with E-state index in [9.17, 15) is 14.0 Å². The molecule has 1 amide bonds. The predicted octanol–water partition coefficient (Wildman–Crippen LogP) is 1.71. The number of carboxylic acids is 1. The molecule has 0 aliphatic heterocycles. The maximum atomic E-state index is 13.8. The van der Waals surface area contributed by atoms with E-state index in [0.29, 0.717) is 12.8 Å². The molecule has 0 radical (unpaired) electrons. The largest absolute Gasteiger partial charge is 0.479 e. The monoisotopic (exact) mass is 259 g/mol. The van der Waals surface area contributed by atoms with Gasteiger partial charge in [-0.3, -0.25) is 0 Å². The molecule has 2 aliphatic carbocycles. The van der Waals surface area contributed by atoms with Gasteiger partial charge in [0.2, 0.25) is 5.67 Å². The summed E-state index contributed by atoms with van der Waals surface area (Å²) in [6.45, 7) is 5.28. The number of nitrogens with one attached hydrogen (secondary N) is 1. The van der Waals surface area contributed by atoms with E-state index in [4.69, 9.17) is 9.84 Å². The van der Waals surface area contributed by atoms with Crippen molar-refractivity contribution in [1.82, 2.24) is 5.32 Å². The minimum Gasteiger partial charge on any atom is -0.479 e. The number of alkyl carbamates (subject to hydrolysis) is 1. The quantitative estimate of drug-likeness (QED) is 0.791. The highest BCUT2D eigenvalue weighted by molar-refractivity contribution is 5.83. The molecule has 2 saturated carbocycles. The van der Waals surface area contributed by atoms with Crippen LogP contribution in [0.3, 0.4) is 0 Å². The smallest absolute Gasteiger partial charge is 0.407 e. The van der Waals surface area contributed by atoms with Crippen LogP contribution in [0.4, 0.5) is 9.18 Å². The molecule has 2 rings (SSSR count).